The van der Waals surface area contributed by atoms with Gasteiger partial charge in [-0.2, -0.15) is 5.10 Å². The summed E-state index contributed by atoms with van der Waals surface area (Å²) in [6.07, 6.45) is 4.86. The lowest BCUT2D eigenvalue weighted by Gasteiger charge is -2.25. The van der Waals surface area contributed by atoms with E-state index in [-0.39, 0.29) is 30.3 Å². The van der Waals surface area contributed by atoms with Crippen LogP contribution in [0.15, 0.2) is 6.07 Å². The summed E-state index contributed by atoms with van der Waals surface area (Å²) in [5, 5.41) is 7.45. The smallest absolute Gasteiger partial charge is 0.223 e. The third-order valence-corrected chi connectivity index (χ3v) is 4.03. The Hall–Kier alpha value is -1.07. The van der Waals surface area contributed by atoms with Crippen molar-refractivity contribution in [3.8, 4) is 0 Å². The van der Waals surface area contributed by atoms with Gasteiger partial charge in [-0.25, -0.2) is 0 Å². The Balaban J connectivity index is 0.00000220. The number of aromatic nitrogens is 2. The fourth-order valence-corrected chi connectivity index (χ4v) is 2.95. The number of rotatable bonds is 5. The van der Waals surface area contributed by atoms with Crippen LogP contribution in [0.25, 0.3) is 0 Å². The molecule has 0 aliphatic heterocycles. The summed E-state index contributed by atoms with van der Waals surface area (Å²) < 4.78 is 2.00. The van der Waals surface area contributed by atoms with Crippen LogP contribution in [0.1, 0.15) is 43.5 Å². The second-order valence-corrected chi connectivity index (χ2v) is 5.92. The number of nitrogens with two attached hydrogens (primary N) is 1. The molecule has 5 nitrogen and oxygen atoms in total. The topological polar surface area (TPSA) is 72.9 Å². The van der Waals surface area contributed by atoms with Crippen LogP contribution in [0.5, 0.6) is 0 Å². The van der Waals surface area contributed by atoms with Crippen molar-refractivity contribution in [3.63, 3.8) is 0 Å². The summed E-state index contributed by atoms with van der Waals surface area (Å²) in [5.41, 5.74) is 8.14. The molecule has 1 aromatic rings. The van der Waals surface area contributed by atoms with Gasteiger partial charge in [-0.3, -0.25) is 9.48 Å². The largest absolute Gasteiger partial charge is 0.356 e. The number of halogens is 1. The second-order valence-electron chi connectivity index (χ2n) is 5.92. The summed E-state index contributed by atoms with van der Waals surface area (Å²) in [7, 11) is 0. The minimum absolute atomic E-state index is 0. The van der Waals surface area contributed by atoms with Gasteiger partial charge in [0.05, 0.1) is 5.69 Å². The van der Waals surface area contributed by atoms with Gasteiger partial charge in [0, 0.05) is 30.7 Å². The Morgan fingerprint density at radius 3 is 2.86 bits per heavy atom. The summed E-state index contributed by atoms with van der Waals surface area (Å²) in [5.74, 6) is 0.293. The van der Waals surface area contributed by atoms with Crippen molar-refractivity contribution in [1.29, 1.82) is 0 Å². The number of aryl methyl sites for hydroxylation is 3. The van der Waals surface area contributed by atoms with Crippen molar-refractivity contribution in [2.75, 3.05) is 6.54 Å². The van der Waals surface area contributed by atoms with E-state index in [2.05, 4.69) is 23.4 Å². The fraction of sp³-hybridized carbons (Fsp3) is 0.733. The highest BCUT2D eigenvalue weighted by molar-refractivity contribution is 5.85. The first-order chi connectivity index (χ1) is 9.56. The normalized spacial score (nSPS) is 21.7. The molecule has 1 amide bonds. The molecule has 1 fully saturated rings. The van der Waals surface area contributed by atoms with E-state index >= 15 is 0 Å². The summed E-state index contributed by atoms with van der Waals surface area (Å²) in [4.78, 5) is 12.0. The van der Waals surface area contributed by atoms with Gasteiger partial charge in [0.2, 0.25) is 5.91 Å². The Morgan fingerprint density at radius 2 is 2.24 bits per heavy atom. The van der Waals surface area contributed by atoms with Crippen molar-refractivity contribution < 1.29 is 4.79 Å². The van der Waals surface area contributed by atoms with Crippen molar-refractivity contribution in [2.24, 2.45) is 11.7 Å². The molecule has 0 bridgehead atoms. The average molecular weight is 315 g/mol. The molecule has 3 N–H and O–H groups in total. The molecule has 21 heavy (non-hydrogen) atoms. The highest BCUT2D eigenvalue weighted by Gasteiger charge is 2.24. The van der Waals surface area contributed by atoms with Crippen LogP contribution in [-0.2, 0) is 11.3 Å². The van der Waals surface area contributed by atoms with Gasteiger partial charge in [0.25, 0.3) is 0 Å². The predicted molar refractivity (Wildman–Crippen MR) is 86.5 cm³/mol. The van der Waals surface area contributed by atoms with E-state index in [0.29, 0.717) is 6.54 Å². The third-order valence-electron chi connectivity index (χ3n) is 4.03. The SMILES string of the molecule is Cc1cc(C)n(CCCNC(=O)C2CCCC(N)C2)n1.Cl. The molecule has 1 aliphatic rings. The minimum Gasteiger partial charge on any atom is -0.356 e. The lowest BCUT2D eigenvalue weighted by atomic mass is 9.85. The molecule has 0 spiro atoms. The molecule has 2 unspecified atom stereocenters. The van der Waals surface area contributed by atoms with Crippen molar-refractivity contribution in [1.82, 2.24) is 15.1 Å². The molecule has 120 valence electrons. The number of nitrogens with one attached hydrogen (secondary N) is 1. The summed E-state index contributed by atoms with van der Waals surface area (Å²) in [6, 6.07) is 2.27. The van der Waals surface area contributed by atoms with Crippen LogP contribution in [0.4, 0.5) is 0 Å². The average Bonchev–Trinajstić information content (AvgIpc) is 2.73. The molecular weight excluding hydrogens is 288 g/mol. The standard InChI is InChI=1S/C15H26N4O.ClH/c1-11-9-12(2)19(18-11)8-4-7-17-15(20)13-5-3-6-14(16)10-13;/h9,13-14H,3-8,10,16H2,1-2H3,(H,17,20);1H. The molecule has 0 aromatic carbocycles. The first-order valence-electron chi connectivity index (χ1n) is 7.60. The minimum atomic E-state index is 0. The van der Waals surface area contributed by atoms with E-state index < -0.39 is 0 Å². The molecule has 1 aromatic heterocycles. The fourth-order valence-electron chi connectivity index (χ4n) is 2.95. The number of hydrogen-bond acceptors (Lipinski definition) is 3. The molecule has 0 radical (unpaired) electrons. The Labute approximate surface area is 133 Å². The van der Waals surface area contributed by atoms with E-state index in [1.54, 1.807) is 0 Å². The van der Waals surface area contributed by atoms with E-state index in [0.717, 1.165) is 44.3 Å². The van der Waals surface area contributed by atoms with Crippen LogP contribution in [0, 0.1) is 19.8 Å². The van der Waals surface area contributed by atoms with E-state index in [4.69, 9.17) is 5.73 Å². The van der Waals surface area contributed by atoms with Crippen LogP contribution in [0.2, 0.25) is 0 Å². The highest BCUT2D eigenvalue weighted by atomic mass is 35.5. The molecule has 2 atom stereocenters. The Morgan fingerprint density at radius 1 is 1.48 bits per heavy atom. The molecule has 1 heterocycles. The number of carbonyl (C=O) groups excluding carboxylic acids is 1. The molecule has 2 rings (SSSR count). The number of amides is 1. The van der Waals surface area contributed by atoms with Crippen molar-refractivity contribution in [2.45, 2.75) is 58.5 Å². The molecule has 0 saturated heterocycles. The van der Waals surface area contributed by atoms with Gasteiger partial charge in [-0.05, 0) is 45.6 Å². The first-order valence-corrected chi connectivity index (χ1v) is 7.60. The lowest BCUT2D eigenvalue weighted by molar-refractivity contribution is -0.126. The summed E-state index contributed by atoms with van der Waals surface area (Å²) in [6.45, 7) is 5.62. The van der Waals surface area contributed by atoms with Crippen LogP contribution < -0.4 is 11.1 Å². The second kappa shape index (κ2) is 8.39. The van der Waals surface area contributed by atoms with E-state index in [9.17, 15) is 4.79 Å². The third kappa shape index (κ3) is 5.32. The predicted octanol–water partition coefficient (Wildman–Crippen LogP) is 1.95. The molecule has 1 saturated carbocycles. The Bertz CT molecular complexity index is 461. The van der Waals surface area contributed by atoms with Gasteiger partial charge in [0.15, 0.2) is 0 Å². The van der Waals surface area contributed by atoms with Crippen molar-refractivity contribution in [3.05, 3.63) is 17.5 Å². The first kappa shape index (κ1) is 18.0. The zero-order valence-electron chi connectivity index (χ0n) is 13.0. The maximum atomic E-state index is 12.0. The Kier molecular flexibility index (Phi) is 7.18. The van der Waals surface area contributed by atoms with Gasteiger partial charge >= 0.3 is 0 Å². The number of hydrogen-bond donors (Lipinski definition) is 2. The maximum absolute atomic E-state index is 12.0. The summed E-state index contributed by atoms with van der Waals surface area (Å²) >= 11 is 0. The van der Waals surface area contributed by atoms with E-state index in [1.807, 2.05) is 11.6 Å². The number of carbonyl (C=O) groups is 1. The van der Waals surface area contributed by atoms with Crippen LogP contribution in [0.3, 0.4) is 0 Å². The lowest BCUT2D eigenvalue weighted by Crippen LogP contribution is -2.38. The quantitative estimate of drug-likeness (QED) is 0.816. The monoisotopic (exact) mass is 314 g/mol. The number of nitrogens with zero attached hydrogens (tertiary/aromatic N) is 2. The molecule has 6 heteroatoms. The van der Waals surface area contributed by atoms with Gasteiger partial charge in [-0.1, -0.05) is 6.42 Å². The highest BCUT2D eigenvalue weighted by Crippen LogP contribution is 2.23. The zero-order valence-corrected chi connectivity index (χ0v) is 13.8. The van der Waals surface area contributed by atoms with Crippen LogP contribution in [-0.4, -0.2) is 28.3 Å². The zero-order chi connectivity index (χ0) is 14.5. The van der Waals surface area contributed by atoms with E-state index in [1.165, 1.54) is 5.69 Å². The van der Waals surface area contributed by atoms with Gasteiger partial charge in [0.1, 0.15) is 0 Å². The van der Waals surface area contributed by atoms with Gasteiger partial charge in [-0.15, -0.1) is 12.4 Å². The maximum Gasteiger partial charge on any atom is 0.223 e. The molecule has 1 aliphatic carbocycles. The van der Waals surface area contributed by atoms with Crippen molar-refractivity contribution >= 4 is 18.3 Å². The molecular formula is C15H27ClN4O. The van der Waals surface area contributed by atoms with Gasteiger partial charge < -0.3 is 11.1 Å². The van der Waals surface area contributed by atoms with Crippen LogP contribution >= 0.6 is 12.4 Å².